The molecule has 0 saturated carbocycles. The van der Waals surface area contributed by atoms with Gasteiger partial charge in [0.1, 0.15) is 0 Å². The molecule has 3 aromatic rings. The molecule has 0 unspecified atom stereocenters. The molecule has 0 radical (unpaired) electrons. The average molecular weight is 533 g/mol. The Morgan fingerprint density at radius 1 is 0.944 bits per heavy atom. The third-order valence-corrected chi connectivity index (χ3v) is 7.92. The molecular weight excluding hydrogens is 510 g/mol. The topological polar surface area (TPSA) is 66.9 Å². The maximum absolute atomic E-state index is 14.0. The number of amides is 1. The minimum absolute atomic E-state index is 0.0356. The van der Waals surface area contributed by atoms with Crippen molar-refractivity contribution in [3.8, 4) is 11.1 Å². The van der Waals surface area contributed by atoms with Gasteiger partial charge in [-0.2, -0.15) is 0 Å². The number of hydrogen-bond acceptors (Lipinski definition) is 5. The number of hydrogen-bond donors (Lipinski definition) is 0. The van der Waals surface area contributed by atoms with Crippen LogP contribution in [-0.2, 0) is 27.7 Å². The molecule has 0 N–H and O–H groups in total. The second-order valence-corrected chi connectivity index (χ2v) is 11.4. The van der Waals surface area contributed by atoms with E-state index in [0.717, 1.165) is 48.3 Å². The zero-order valence-corrected chi connectivity index (χ0v) is 21.0. The first kappa shape index (κ1) is 24.7. The van der Waals surface area contributed by atoms with E-state index in [9.17, 15) is 22.0 Å². The largest absolute Gasteiger partial charge is 0.378 e. The predicted octanol–water partition coefficient (Wildman–Crippen LogP) is 4.68. The quantitative estimate of drug-likeness (QED) is 0.488. The predicted molar refractivity (Wildman–Crippen MR) is 133 cm³/mol. The maximum atomic E-state index is 14.0. The highest BCUT2D eigenvalue weighted by Crippen LogP contribution is 2.36. The molecule has 2 aliphatic rings. The number of morpholine rings is 1. The fourth-order valence-electron chi connectivity index (χ4n) is 4.61. The number of anilines is 1. The van der Waals surface area contributed by atoms with Gasteiger partial charge in [-0.25, -0.2) is 17.2 Å². The lowest BCUT2D eigenvalue weighted by molar-refractivity contribution is 0.0752. The Balaban J connectivity index is 1.51. The van der Waals surface area contributed by atoms with Crippen LogP contribution in [0.2, 0.25) is 5.02 Å². The van der Waals surface area contributed by atoms with Gasteiger partial charge in [-0.05, 0) is 58.7 Å². The van der Waals surface area contributed by atoms with Crippen LogP contribution in [0.4, 0.5) is 14.5 Å². The molecule has 1 amide bonds. The molecule has 0 aromatic heterocycles. The standard InChI is InChI=1S/C26H23ClF2N2O4S/c1-36(33,34)19-3-4-20(16-2-5-23(28)24(29)11-16)21(13-19)26(32)31-14-17-10-22(27)25(12-18(17)15-31)30-6-8-35-9-7-30/h2-5,10-13H,6-9,14-15H2,1H3. The van der Waals surface area contributed by atoms with Gasteiger partial charge >= 0.3 is 0 Å². The molecule has 2 aliphatic heterocycles. The van der Waals surface area contributed by atoms with E-state index in [1.54, 1.807) is 4.90 Å². The SMILES string of the molecule is CS(=O)(=O)c1ccc(-c2ccc(F)c(F)c2)c(C(=O)N2Cc3cc(Cl)c(N4CCOCC4)cc3C2)c1. The van der Waals surface area contributed by atoms with Crippen molar-refractivity contribution < 1.29 is 26.7 Å². The van der Waals surface area contributed by atoms with E-state index >= 15 is 0 Å². The molecule has 36 heavy (non-hydrogen) atoms. The summed E-state index contributed by atoms with van der Waals surface area (Å²) in [5.74, 6) is -2.49. The van der Waals surface area contributed by atoms with E-state index in [1.807, 2.05) is 12.1 Å². The molecule has 2 heterocycles. The van der Waals surface area contributed by atoms with Crippen LogP contribution >= 0.6 is 11.6 Å². The van der Waals surface area contributed by atoms with Crippen molar-refractivity contribution in [1.29, 1.82) is 0 Å². The molecule has 10 heteroatoms. The van der Waals surface area contributed by atoms with Crippen molar-refractivity contribution in [2.45, 2.75) is 18.0 Å². The first-order valence-electron chi connectivity index (χ1n) is 11.3. The average Bonchev–Trinajstić information content (AvgIpc) is 3.27. The normalized spacial score (nSPS) is 15.8. The lowest BCUT2D eigenvalue weighted by Gasteiger charge is -2.30. The van der Waals surface area contributed by atoms with Gasteiger partial charge in [0.25, 0.3) is 5.91 Å². The van der Waals surface area contributed by atoms with E-state index < -0.39 is 27.4 Å². The summed E-state index contributed by atoms with van der Waals surface area (Å²) in [6.45, 7) is 3.26. The monoisotopic (exact) mass is 532 g/mol. The minimum atomic E-state index is -3.61. The Hall–Kier alpha value is -3.01. The zero-order valence-electron chi connectivity index (χ0n) is 19.4. The van der Waals surface area contributed by atoms with Gasteiger partial charge in [-0.3, -0.25) is 4.79 Å². The summed E-state index contributed by atoms with van der Waals surface area (Å²) in [5, 5.41) is 0.589. The fraction of sp³-hybridized carbons (Fsp3) is 0.269. The van der Waals surface area contributed by atoms with E-state index in [2.05, 4.69) is 4.90 Å². The molecule has 5 rings (SSSR count). The van der Waals surface area contributed by atoms with Gasteiger partial charge in [-0.1, -0.05) is 23.7 Å². The molecule has 0 atom stereocenters. The van der Waals surface area contributed by atoms with Gasteiger partial charge < -0.3 is 14.5 Å². The van der Waals surface area contributed by atoms with Gasteiger partial charge in [0.05, 0.1) is 28.8 Å². The van der Waals surface area contributed by atoms with E-state index in [1.165, 1.54) is 24.3 Å². The number of sulfone groups is 1. The van der Waals surface area contributed by atoms with Crippen molar-refractivity contribution in [3.05, 3.63) is 81.9 Å². The number of carbonyl (C=O) groups is 1. The lowest BCUT2D eigenvalue weighted by Crippen LogP contribution is -2.36. The number of rotatable bonds is 4. The molecule has 0 aliphatic carbocycles. The first-order valence-corrected chi connectivity index (χ1v) is 13.6. The summed E-state index contributed by atoms with van der Waals surface area (Å²) in [7, 11) is -3.61. The summed E-state index contributed by atoms with van der Waals surface area (Å²) < 4.78 is 57.4. The van der Waals surface area contributed by atoms with Crippen molar-refractivity contribution in [1.82, 2.24) is 4.90 Å². The highest BCUT2D eigenvalue weighted by Gasteiger charge is 2.29. The molecule has 3 aromatic carbocycles. The summed E-state index contributed by atoms with van der Waals surface area (Å²) >= 11 is 6.57. The van der Waals surface area contributed by atoms with E-state index in [0.29, 0.717) is 30.3 Å². The Kier molecular flexibility index (Phi) is 6.48. The number of carbonyl (C=O) groups excluding carboxylic acids is 1. The number of nitrogens with zero attached hydrogens (tertiary/aromatic N) is 2. The molecular formula is C26H23ClF2N2O4S. The van der Waals surface area contributed by atoms with Crippen molar-refractivity contribution >= 4 is 33.0 Å². The Bertz CT molecular complexity index is 1470. The third-order valence-electron chi connectivity index (χ3n) is 6.51. The maximum Gasteiger partial charge on any atom is 0.255 e. The molecule has 6 nitrogen and oxygen atoms in total. The lowest BCUT2D eigenvalue weighted by atomic mass is 9.98. The van der Waals surface area contributed by atoms with Gasteiger partial charge in [0.2, 0.25) is 0 Å². The van der Waals surface area contributed by atoms with Crippen LogP contribution in [0.3, 0.4) is 0 Å². The molecule has 188 valence electrons. The number of benzene rings is 3. The molecule has 0 spiro atoms. The highest BCUT2D eigenvalue weighted by atomic mass is 35.5. The summed E-state index contributed by atoms with van der Waals surface area (Å²) in [5.41, 5.74) is 3.41. The third kappa shape index (κ3) is 4.70. The second kappa shape index (κ2) is 9.46. The van der Waals surface area contributed by atoms with Crippen LogP contribution in [-0.4, -0.2) is 51.8 Å². The van der Waals surface area contributed by atoms with Crippen molar-refractivity contribution in [2.24, 2.45) is 0 Å². The fourth-order valence-corrected chi connectivity index (χ4v) is 5.57. The van der Waals surface area contributed by atoms with Crippen LogP contribution in [0.5, 0.6) is 0 Å². The van der Waals surface area contributed by atoms with Crippen molar-refractivity contribution in [3.63, 3.8) is 0 Å². The van der Waals surface area contributed by atoms with E-state index in [4.69, 9.17) is 16.3 Å². The number of halogens is 3. The summed E-state index contributed by atoms with van der Waals surface area (Å²) in [4.78, 5) is 17.4. The van der Waals surface area contributed by atoms with Crippen LogP contribution in [0.15, 0.2) is 53.4 Å². The second-order valence-electron chi connectivity index (χ2n) is 8.94. The van der Waals surface area contributed by atoms with Crippen LogP contribution in [0.25, 0.3) is 11.1 Å². The van der Waals surface area contributed by atoms with Crippen LogP contribution in [0, 0.1) is 11.6 Å². The number of fused-ring (bicyclic) bond motifs is 1. The van der Waals surface area contributed by atoms with Gasteiger partial charge in [0.15, 0.2) is 21.5 Å². The Labute approximate surface area is 213 Å². The molecule has 0 bridgehead atoms. The van der Waals surface area contributed by atoms with Crippen LogP contribution < -0.4 is 4.90 Å². The number of ether oxygens (including phenoxy) is 1. The van der Waals surface area contributed by atoms with E-state index in [-0.39, 0.29) is 22.6 Å². The molecule has 1 fully saturated rings. The summed E-state index contributed by atoms with van der Waals surface area (Å²) in [6.07, 6.45) is 1.05. The Morgan fingerprint density at radius 2 is 1.64 bits per heavy atom. The van der Waals surface area contributed by atoms with Gasteiger partial charge in [0, 0.05) is 38.0 Å². The smallest absolute Gasteiger partial charge is 0.255 e. The van der Waals surface area contributed by atoms with Gasteiger partial charge in [-0.15, -0.1) is 0 Å². The Morgan fingerprint density at radius 3 is 2.31 bits per heavy atom. The van der Waals surface area contributed by atoms with Crippen molar-refractivity contribution in [2.75, 3.05) is 37.5 Å². The summed E-state index contributed by atoms with van der Waals surface area (Å²) in [6, 6.07) is 11.3. The first-order chi connectivity index (χ1) is 17.1. The highest BCUT2D eigenvalue weighted by molar-refractivity contribution is 7.90. The minimum Gasteiger partial charge on any atom is -0.378 e. The zero-order chi connectivity index (χ0) is 25.6. The van der Waals surface area contributed by atoms with Crippen LogP contribution in [0.1, 0.15) is 21.5 Å². The molecule has 1 saturated heterocycles.